The van der Waals surface area contributed by atoms with Crippen molar-refractivity contribution in [1.82, 2.24) is 4.98 Å². The highest BCUT2D eigenvalue weighted by atomic mass is 16.4. The van der Waals surface area contributed by atoms with Crippen molar-refractivity contribution in [3.05, 3.63) is 17.8 Å². The Bertz CT molecular complexity index is 416. The summed E-state index contributed by atoms with van der Waals surface area (Å²) in [5, 5.41) is 12.2. The van der Waals surface area contributed by atoms with Gasteiger partial charge in [0.15, 0.2) is 0 Å². The molecule has 0 fully saturated rings. The molecule has 5 nitrogen and oxygen atoms in total. The van der Waals surface area contributed by atoms with Gasteiger partial charge in [-0.2, -0.15) is 0 Å². The molecule has 0 unspecified atom stereocenters. The lowest BCUT2D eigenvalue weighted by molar-refractivity contribution is 0.0697. The zero-order valence-electron chi connectivity index (χ0n) is 10.4. The number of nitrogens with one attached hydrogen (secondary N) is 1. The number of carboxylic acid groups (broad SMARTS) is 1. The molecule has 17 heavy (non-hydrogen) atoms. The number of rotatable bonds is 5. The largest absolute Gasteiger partial charge is 0.478 e. The summed E-state index contributed by atoms with van der Waals surface area (Å²) in [6, 6.07) is 1.42. The number of nitrogens with two attached hydrogens (primary N) is 1. The van der Waals surface area contributed by atoms with E-state index in [-0.39, 0.29) is 11.1 Å². The van der Waals surface area contributed by atoms with Crippen LogP contribution in [0.2, 0.25) is 0 Å². The minimum Gasteiger partial charge on any atom is -0.478 e. The monoisotopic (exact) mass is 237 g/mol. The Morgan fingerprint density at radius 2 is 2.24 bits per heavy atom. The van der Waals surface area contributed by atoms with Gasteiger partial charge in [-0.05, 0) is 26.3 Å². The molecule has 0 aliphatic rings. The molecule has 0 aliphatic heterocycles. The van der Waals surface area contributed by atoms with E-state index in [1.54, 1.807) is 0 Å². The molecule has 0 saturated carbocycles. The Morgan fingerprint density at radius 1 is 1.59 bits per heavy atom. The molecule has 0 aliphatic carbocycles. The number of hydrogen-bond donors (Lipinski definition) is 3. The lowest BCUT2D eigenvalue weighted by Crippen LogP contribution is -2.32. The molecule has 1 aromatic heterocycles. The molecule has 0 radical (unpaired) electrons. The topological polar surface area (TPSA) is 88.2 Å². The van der Waals surface area contributed by atoms with Gasteiger partial charge < -0.3 is 16.2 Å². The predicted molar refractivity (Wildman–Crippen MR) is 68.2 cm³/mol. The number of aromatic carboxylic acids is 1. The number of nitrogens with zero attached hydrogens (tertiary/aromatic N) is 1. The molecule has 0 aromatic carbocycles. The summed E-state index contributed by atoms with van der Waals surface area (Å²) in [7, 11) is 0. The molecule has 5 heteroatoms. The molecule has 0 amide bonds. The van der Waals surface area contributed by atoms with Crippen LogP contribution in [0.3, 0.4) is 0 Å². The van der Waals surface area contributed by atoms with E-state index in [2.05, 4.69) is 17.2 Å². The smallest absolute Gasteiger partial charge is 0.339 e. The normalized spacial score (nSPS) is 11.2. The van der Waals surface area contributed by atoms with Crippen LogP contribution in [0.4, 0.5) is 11.5 Å². The van der Waals surface area contributed by atoms with Gasteiger partial charge in [-0.15, -0.1) is 0 Å². The van der Waals surface area contributed by atoms with Crippen molar-refractivity contribution < 1.29 is 9.90 Å². The van der Waals surface area contributed by atoms with Crippen molar-refractivity contribution in [2.24, 2.45) is 0 Å². The third kappa shape index (κ3) is 3.62. The number of carboxylic acids is 1. The van der Waals surface area contributed by atoms with Crippen LogP contribution in [-0.2, 0) is 0 Å². The first-order valence-corrected chi connectivity index (χ1v) is 5.62. The Labute approximate surface area is 101 Å². The number of pyridine rings is 1. The van der Waals surface area contributed by atoms with E-state index in [1.165, 1.54) is 12.3 Å². The van der Waals surface area contributed by atoms with E-state index < -0.39 is 5.97 Å². The SMILES string of the molecule is CCCC(C)(C)Nc1ncc(N)cc1C(=O)O. The molecule has 94 valence electrons. The van der Waals surface area contributed by atoms with Crippen molar-refractivity contribution >= 4 is 17.5 Å². The van der Waals surface area contributed by atoms with Crippen LogP contribution in [0.25, 0.3) is 0 Å². The molecule has 0 spiro atoms. The molecule has 1 heterocycles. The minimum absolute atomic E-state index is 0.106. The maximum Gasteiger partial charge on any atom is 0.339 e. The highest BCUT2D eigenvalue weighted by molar-refractivity contribution is 5.94. The lowest BCUT2D eigenvalue weighted by Gasteiger charge is -2.27. The fourth-order valence-electron chi connectivity index (χ4n) is 1.75. The Kier molecular flexibility index (Phi) is 3.93. The van der Waals surface area contributed by atoms with Crippen LogP contribution in [0.15, 0.2) is 12.3 Å². The van der Waals surface area contributed by atoms with Crippen LogP contribution in [0, 0.1) is 0 Å². The fraction of sp³-hybridized carbons (Fsp3) is 0.500. The average molecular weight is 237 g/mol. The molecular formula is C12H19N3O2. The highest BCUT2D eigenvalue weighted by Gasteiger charge is 2.20. The number of anilines is 2. The summed E-state index contributed by atoms with van der Waals surface area (Å²) in [5.74, 6) is -0.662. The number of carbonyl (C=O) groups is 1. The predicted octanol–water partition coefficient (Wildman–Crippen LogP) is 2.35. The first kappa shape index (κ1) is 13.3. The highest BCUT2D eigenvalue weighted by Crippen LogP contribution is 2.22. The quantitative estimate of drug-likeness (QED) is 0.731. The van der Waals surface area contributed by atoms with Crippen LogP contribution in [0.1, 0.15) is 44.0 Å². The van der Waals surface area contributed by atoms with E-state index in [1.807, 2.05) is 13.8 Å². The van der Waals surface area contributed by atoms with Gasteiger partial charge in [0.25, 0.3) is 0 Å². The second-order valence-corrected chi connectivity index (χ2v) is 4.73. The van der Waals surface area contributed by atoms with Crippen LogP contribution < -0.4 is 11.1 Å². The summed E-state index contributed by atoms with van der Waals surface area (Å²) in [6.45, 7) is 6.11. The molecular weight excluding hydrogens is 218 g/mol. The third-order valence-corrected chi connectivity index (χ3v) is 2.47. The molecule has 4 N–H and O–H groups in total. The zero-order chi connectivity index (χ0) is 13.1. The first-order chi connectivity index (χ1) is 7.85. The van der Waals surface area contributed by atoms with E-state index >= 15 is 0 Å². The summed E-state index contributed by atoms with van der Waals surface area (Å²) in [5.41, 5.74) is 5.80. The van der Waals surface area contributed by atoms with Gasteiger partial charge in [-0.1, -0.05) is 13.3 Å². The fourth-order valence-corrected chi connectivity index (χ4v) is 1.75. The lowest BCUT2D eigenvalue weighted by atomic mass is 9.98. The van der Waals surface area contributed by atoms with Crippen molar-refractivity contribution in [2.45, 2.75) is 39.2 Å². The van der Waals surface area contributed by atoms with Crippen molar-refractivity contribution in [2.75, 3.05) is 11.1 Å². The van der Waals surface area contributed by atoms with Gasteiger partial charge >= 0.3 is 5.97 Å². The number of hydrogen-bond acceptors (Lipinski definition) is 4. The van der Waals surface area contributed by atoms with E-state index in [0.29, 0.717) is 11.5 Å². The van der Waals surface area contributed by atoms with Crippen LogP contribution in [-0.4, -0.2) is 21.6 Å². The van der Waals surface area contributed by atoms with Crippen molar-refractivity contribution in [3.8, 4) is 0 Å². The summed E-state index contributed by atoms with van der Waals surface area (Å²) in [6.07, 6.45) is 3.40. The number of aromatic nitrogens is 1. The summed E-state index contributed by atoms with van der Waals surface area (Å²) < 4.78 is 0. The second-order valence-electron chi connectivity index (χ2n) is 4.73. The van der Waals surface area contributed by atoms with Gasteiger partial charge in [0.1, 0.15) is 11.4 Å². The average Bonchev–Trinajstić information content (AvgIpc) is 2.20. The Hall–Kier alpha value is -1.78. The van der Waals surface area contributed by atoms with Crippen molar-refractivity contribution in [1.29, 1.82) is 0 Å². The van der Waals surface area contributed by atoms with Gasteiger partial charge in [0.2, 0.25) is 0 Å². The molecule has 1 aromatic rings. The maximum atomic E-state index is 11.1. The molecule has 0 saturated heterocycles. The Balaban J connectivity index is 3.02. The maximum absolute atomic E-state index is 11.1. The standard InChI is InChI=1S/C12H19N3O2/c1-4-5-12(2,3)15-10-9(11(16)17)6-8(13)7-14-10/h6-7H,4-5,13H2,1-3H3,(H,14,15)(H,16,17). The van der Waals surface area contributed by atoms with Gasteiger partial charge in [-0.25, -0.2) is 9.78 Å². The van der Waals surface area contributed by atoms with Gasteiger partial charge in [-0.3, -0.25) is 0 Å². The van der Waals surface area contributed by atoms with E-state index in [4.69, 9.17) is 10.8 Å². The first-order valence-electron chi connectivity index (χ1n) is 5.62. The van der Waals surface area contributed by atoms with E-state index in [0.717, 1.165) is 12.8 Å². The van der Waals surface area contributed by atoms with Crippen LogP contribution in [0.5, 0.6) is 0 Å². The number of nitrogen functional groups attached to an aromatic ring is 1. The zero-order valence-corrected chi connectivity index (χ0v) is 10.4. The Morgan fingerprint density at radius 3 is 2.76 bits per heavy atom. The molecule has 0 bridgehead atoms. The van der Waals surface area contributed by atoms with E-state index in [9.17, 15) is 4.79 Å². The third-order valence-electron chi connectivity index (χ3n) is 2.47. The molecule has 1 rings (SSSR count). The van der Waals surface area contributed by atoms with Crippen molar-refractivity contribution in [3.63, 3.8) is 0 Å². The second kappa shape index (κ2) is 5.03. The van der Waals surface area contributed by atoms with Gasteiger partial charge in [0, 0.05) is 5.54 Å². The summed E-state index contributed by atoms with van der Waals surface area (Å²) in [4.78, 5) is 15.1. The van der Waals surface area contributed by atoms with Crippen LogP contribution >= 0.6 is 0 Å². The summed E-state index contributed by atoms with van der Waals surface area (Å²) >= 11 is 0. The minimum atomic E-state index is -1.03. The molecule has 0 atom stereocenters. The van der Waals surface area contributed by atoms with Gasteiger partial charge in [0.05, 0.1) is 11.9 Å².